The van der Waals surface area contributed by atoms with E-state index in [-0.39, 0.29) is 29.8 Å². The normalized spacial score (nSPS) is 20.1. The lowest BCUT2D eigenvalue weighted by Gasteiger charge is -2.09. The van der Waals surface area contributed by atoms with Crippen LogP contribution < -0.4 is 4.74 Å². The largest absolute Gasteiger partial charge is 0.461 e. The third kappa shape index (κ3) is 3.97. The third-order valence-corrected chi connectivity index (χ3v) is 4.66. The zero-order valence-corrected chi connectivity index (χ0v) is 14.9. The fourth-order valence-electron chi connectivity index (χ4n) is 2.97. The first kappa shape index (κ1) is 17.4. The Morgan fingerprint density at radius 3 is 2.56 bits per heavy atom. The average Bonchev–Trinajstić information content (AvgIpc) is 3.15. The summed E-state index contributed by atoms with van der Waals surface area (Å²) in [7, 11) is 0. The maximum absolute atomic E-state index is 12.3. The van der Waals surface area contributed by atoms with Crippen LogP contribution >= 0.6 is 11.6 Å². The average molecular weight is 355 g/mol. The molecule has 0 aliphatic heterocycles. The van der Waals surface area contributed by atoms with Gasteiger partial charge in [-0.1, -0.05) is 50.1 Å². The second-order valence-corrected chi connectivity index (χ2v) is 6.87. The quantitative estimate of drug-likeness (QED) is 0.560. The van der Waals surface area contributed by atoms with Crippen molar-refractivity contribution < 1.29 is 14.3 Å². The van der Waals surface area contributed by atoms with Crippen LogP contribution in [0.4, 0.5) is 0 Å². The van der Waals surface area contributed by atoms with Gasteiger partial charge in [-0.05, 0) is 46.8 Å². The Balaban J connectivity index is 1.59. The molecule has 0 spiro atoms. The molecule has 2 aromatic rings. The minimum atomic E-state index is -0.233. The van der Waals surface area contributed by atoms with Gasteiger partial charge in [0.15, 0.2) is 0 Å². The van der Waals surface area contributed by atoms with Crippen LogP contribution in [-0.2, 0) is 16.1 Å². The zero-order chi connectivity index (χ0) is 17.9. The highest BCUT2D eigenvalue weighted by atomic mass is 35.5. The molecule has 1 aliphatic rings. The summed E-state index contributed by atoms with van der Waals surface area (Å²) in [6.45, 7) is 4.21. The Morgan fingerprint density at radius 2 is 1.84 bits per heavy atom. The summed E-state index contributed by atoms with van der Waals surface area (Å²) in [5.41, 5.74) is 0.692. The van der Waals surface area contributed by atoms with E-state index in [4.69, 9.17) is 21.1 Å². The van der Waals surface area contributed by atoms with Crippen LogP contribution in [0.5, 0.6) is 11.5 Å². The van der Waals surface area contributed by atoms with Gasteiger partial charge in [0, 0.05) is 11.3 Å². The van der Waals surface area contributed by atoms with E-state index >= 15 is 0 Å². The number of ether oxygens (including phenoxy) is 2. The van der Waals surface area contributed by atoms with Crippen LogP contribution in [-0.4, -0.2) is 5.97 Å². The summed E-state index contributed by atoms with van der Waals surface area (Å²) in [5.74, 6) is 3.85. The van der Waals surface area contributed by atoms with E-state index in [0.717, 1.165) is 11.3 Å². The molecule has 1 fully saturated rings. The minimum Gasteiger partial charge on any atom is -0.461 e. The maximum atomic E-state index is 12.3. The number of hydrogen-bond acceptors (Lipinski definition) is 3. The second-order valence-electron chi connectivity index (χ2n) is 6.69. The zero-order valence-electron chi connectivity index (χ0n) is 14.2. The molecule has 4 heteroatoms. The van der Waals surface area contributed by atoms with Crippen molar-refractivity contribution >= 4 is 17.6 Å². The van der Waals surface area contributed by atoms with E-state index in [1.807, 2.05) is 68.4 Å². The number of hydrogen-bond donors (Lipinski definition) is 0. The highest BCUT2D eigenvalue weighted by Gasteiger charge is 2.62. The number of esters is 1. The Morgan fingerprint density at radius 1 is 1.12 bits per heavy atom. The molecular weight excluding hydrogens is 336 g/mol. The van der Waals surface area contributed by atoms with Gasteiger partial charge in [-0.15, -0.1) is 0 Å². The predicted octanol–water partition coefficient (Wildman–Crippen LogP) is 4.99. The third-order valence-electron chi connectivity index (χ3n) is 4.55. The topological polar surface area (TPSA) is 35.5 Å². The first-order valence-electron chi connectivity index (χ1n) is 8.12. The molecular formula is C21H19ClO3. The SMILES string of the molecule is CC1(C)[C@@H](C#CCl)[C@@H]1C(=O)OCc1cccc(Oc2ccccc2)c1. The van der Waals surface area contributed by atoms with Crippen LogP contribution in [0.15, 0.2) is 54.6 Å². The summed E-state index contributed by atoms with van der Waals surface area (Å²) in [6.07, 6.45) is 0. The second kappa shape index (κ2) is 7.21. The van der Waals surface area contributed by atoms with Gasteiger partial charge in [0.2, 0.25) is 0 Å². The lowest BCUT2D eigenvalue weighted by atomic mass is 10.1. The van der Waals surface area contributed by atoms with Gasteiger partial charge in [-0.2, -0.15) is 0 Å². The Labute approximate surface area is 152 Å². The number of carbonyl (C=O) groups is 1. The number of rotatable bonds is 5. The predicted molar refractivity (Wildman–Crippen MR) is 97.1 cm³/mol. The molecule has 25 heavy (non-hydrogen) atoms. The van der Waals surface area contributed by atoms with E-state index < -0.39 is 0 Å². The Bertz CT molecular complexity index is 818. The monoisotopic (exact) mass is 354 g/mol. The fourth-order valence-corrected chi connectivity index (χ4v) is 3.09. The van der Waals surface area contributed by atoms with E-state index in [0.29, 0.717) is 5.75 Å². The van der Waals surface area contributed by atoms with Gasteiger partial charge in [-0.25, -0.2) is 0 Å². The van der Waals surface area contributed by atoms with Crippen LogP contribution in [0.2, 0.25) is 0 Å². The van der Waals surface area contributed by atoms with Crippen molar-refractivity contribution in [2.24, 2.45) is 17.3 Å². The summed E-state index contributed by atoms with van der Waals surface area (Å²) in [4.78, 5) is 12.3. The molecule has 0 aromatic heterocycles. The number of benzene rings is 2. The van der Waals surface area contributed by atoms with Gasteiger partial charge in [0.1, 0.15) is 18.1 Å². The standard InChI is InChI=1S/C21H19ClO3/c1-21(2)18(11-12-22)19(21)20(23)24-14-15-7-6-10-17(13-15)25-16-8-4-3-5-9-16/h3-10,13,18-19H,14H2,1-2H3/t18-,19+/m0/s1. The van der Waals surface area contributed by atoms with E-state index in [1.165, 1.54) is 0 Å². The molecule has 1 saturated carbocycles. The molecule has 0 heterocycles. The molecule has 3 nitrogen and oxygen atoms in total. The maximum Gasteiger partial charge on any atom is 0.311 e. The Hall–Kier alpha value is -2.44. The molecule has 2 aromatic carbocycles. The van der Waals surface area contributed by atoms with E-state index in [9.17, 15) is 4.79 Å². The highest BCUT2D eigenvalue weighted by molar-refractivity contribution is 6.30. The highest BCUT2D eigenvalue weighted by Crippen LogP contribution is 2.58. The first-order valence-corrected chi connectivity index (χ1v) is 8.50. The number of halogens is 1. The van der Waals surface area contributed by atoms with Gasteiger partial charge in [-0.3, -0.25) is 4.79 Å². The summed E-state index contributed by atoms with van der Waals surface area (Å²) >= 11 is 5.46. The molecule has 0 unspecified atom stereocenters. The summed E-state index contributed by atoms with van der Waals surface area (Å²) in [6, 6.07) is 17.1. The first-order chi connectivity index (χ1) is 12.0. The van der Waals surface area contributed by atoms with Crippen LogP contribution in [0.25, 0.3) is 0 Å². The van der Waals surface area contributed by atoms with Crippen molar-refractivity contribution in [1.82, 2.24) is 0 Å². The fraction of sp³-hybridized carbons (Fsp3) is 0.286. The molecule has 0 N–H and O–H groups in total. The van der Waals surface area contributed by atoms with Gasteiger partial charge >= 0.3 is 5.97 Å². The molecule has 0 bridgehead atoms. The molecule has 1 aliphatic carbocycles. The van der Waals surface area contributed by atoms with Crippen molar-refractivity contribution in [3.8, 4) is 22.8 Å². The van der Waals surface area contributed by atoms with Crippen molar-refractivity contribution in [2.45, 2.75) is 20.5 Å². The van der Waals surface area contributed by atoms with Crippen LogP contribution in [0.1, 0.15) is 19.4 Å². The van der Waals surface area contributed by atoms with Crippen molar-refractivity contribution in [3.63, 3.8) is 0 Å². The molecule has 128 valence electrons. The van der Waals surface area contributed by atoms with Crippen molar-refractivity contribution in [2.75, 3.05) is 0 Å². The summed E-state index contributed by atoms with van der Waals surface area (Å²) in [5, 5.41) is 2.37. The number of para-hydroxylation sites is 1. The molecule has 3 rings (SSSR count). The lowest BCUT2D eigenvalue weighted by Crippen LogP contribution is -2.10. The Kier molecular flexibility index (Phi) is 5.01. The molecule has 2 atom stereocenters. The minimum absolute atomic E-state index is 0.0368. The van der Waals surface area contributed by atoms with Gasteiger partial charge in [0.25, 0.3) is 0 Å². The molecule has 0 amide bonds. The van der Waals surface area contributed by atoms with Crippen LogP contribution in [0, 0.1) is 28.6 Å². The van der Waals surface area contributed by atoms with Crippen molar-refractivity contribution in [3.05, 3.63) is 60.2 Å². The van der Waals surface area contributed by atoms with E-state index in [1.54, 1.807) is 0 Å². The number of carbonyl (C=O) groups excluding carboxylic acids is 1. The summed E-state index contributed by atoms with van der Waals surface area (Å²) < 4.78 is 11.3. The van der Waals surface area contributed by atoms with Crippen LogP contribution in [0.3, 0.4) is 0 Å². The lowest BCUT2D eigenvalue weighted by molar-refractivity contribution is -0.147. The van der Waals surface area contributed by atoms with E-state index in [2.05, 4.69) is 11.3 Å². The molecule has 0 radical (unpaired) electrons. The van der Waals surface area contributed by atoms with Crippen molar-refractivity contribution in [1.29, 1.82) is 0 Å². The smallest absolute Gasteiger partial charge is 0.311 e. The van der Waals surface area contributed by atoms with Gasteiger partial charge in [0.05, 0.1) is 5.92 Å². The molecule has 0 saturated heterocycles. The van der Waals surface area contributed by atoms with Gasteiger partial charge < -0.3 is 9.47 Å².